The highest BCUT2D eigenvalue weighted by molar-refractivity contribution is 6.26. The van der Waals surface area contributed by atoms with E-state index < -0.39 is 10.5 Å². The molecule has 0 saturated heterocycles. The Morgan fingerprint density at radius 3 is 2.83 bits per heavy atom. The molecule has 2 rings (SSSR count). The molecule has 1 aromatic heterocycles. The van der Waals surface area contributed by atoms with Gasteiger partial charge in [0.25, 0.3) is 0 Å². The van der Waals surface area contributed by atoms with Gasteiger partial charge in [-0.05, 0) is 19.3 Å². The molecule has 0 aliphatic heterocycles. The van der Waals surface area contributed by atoms with Crippen molar-refractivity contribution in [3.05, 3.63) is 37.5 Å². The van der Waals surface area contributed by atoms with Crippen LogP contribution in [-0.2, 0) is 6.54 Å². The summed E-state index contributed by atoms with van der Waals surface area (Å²) in [6.07, 6.45) is 7.61. The average molecular weight is 268 g/mol. The van der Waals surface area contributed by atoms with Crippen molar-refractivity contribution in [2.45, 2.75) is 42.7 Å². The zero-order chi connectivity index (χ0) is 13.2. The Hall–Kier alpha value is -1.13. The number of hydrogen-bond acceptors (Lipinski definition) is 3. The summed E-state index contributed by atoms with van der Waals surface area (Å²) in [6.45, 7) is 7.99. The minimum Gasteiger partial charge on any atom is -0.386 e. The fourth-order valence-electron chi connectivity index (χ4n) is 2.20. The molecule has 0 amide bonds. The molecule has 1 unspecified atom stereocenters. The minimum absolute atomic E-state index is 0.340. The lowest BCUT2D eigenvalue weighted by Gasteiger charge is -2.33. The quantitative estimate of drug-likeness (QED) is 0.609. The molecule has 5 heteroatoms. The predicted octanol–water partition coefficient (Wildman–Crippen LogP) is 2.30. The molecule has 18 heavy (non-hydrogen) atoms. The van der Waals surface area contributed by atoms with E-state index >= 15 is 0 Å². The highest BCUT2D eigenvalue weighted by Gasteiger charge is 2.57. The second-order valence-electron chi connectivity index (χ2n) is 5.01. The van der Waals surface area contributed by atoms with Crippen molar-refractivity contribution in [1.29, 1.82) is 0 Å². The normalized spacial score (nSPS) is 20.1. The number of alkyl halides is 1. The SMILES string of the molecule is C=CCC(=C)CC(O)(Cn1cncn1)C1(Cl)CC1. The van der Waals surface area contributed by atoms with E-state index in [1.165, 1.54) is 6.33 Å². The molecule has 0 radical (unpaired) electrons. The molecule has 1 saturated carbocycles. The van der Waals surface area contributed by atoms with Crippen LogP contribution < -0.4 is 0 Å². The standard InChI is InChI=1S/C13H18ClN3O/c1-3-4-11(2)7-13(18,12(14)5-6-12)8-17-10-15-9-16-17/h3,9-10,18H,1-2,4-8H2. The molecule has 1 N–H and O–H groups in total. The van der Waals surface area contributed by atoms with Crippen molar-refractivity contribution in [2.24, 2.45) is 0 Å². The van der Waals surface area contributed by atoms with E-state index in [-0.39, 0.29) is 0 Å². The highest BCUT2D eigenvalue weighted by Crippen LogP contribution is 2.53. The summed E-state index contributed by atoms with van der Waals surface area (Å²) in [5.74, 6) is 0. The van der Waals surface area contributed by atoms with Gasteiger partial charge in [-0.1, -0.05) is 18.2 Å². The van der Waals surface area contributed by atoms with Crippen molar-refractivity contribution >= 4 is 11.6 Å². The number of rotatable bonds is 7. The van der Waals surface area contributed by atoms with E-state index in [0.29, 0.717) is 19.4 Å². The summed E-state index contributed by atoms with van der Waals surface area (Å²) in [7, 11) is 0. The van der Waals surface area contributed by atoms with Crippen LogP contribution in [-0.4, -0.2) is 30.3 Å². The number of hydrogen-bond donors (Lipinski definition) is 1. The molecule has 1 atom stereocenters. The maximum absolute atomic E-state index is 10.9. The third kappa shape index (κ3) is 2.65. The van der Waals surface area contributed by atoms with Crippen LogP contribution in [0.4, 0.5) is 0 Å². The van der Waals surface area contributed by atoms with Gasteiger partial charge in [0.05, 0.1) is 11.4 Å². The summed E-state index contributed by atoms with van der Waals surface area (Å²) in [5.41, 5.74) is -0.0953. The monoisotopic (exact) mass is 267 g/mol. The lowest BCUT2D eigenvalue weighted by Crippen LogP contribution is -2.45. The molecule has 98 valence electrons. The van der Waals surface area contributed by atoms with Crippen LogP contribution in [0.15, 0.2) is 37.5 Å². The average Bonchev–Trinajstić information content (AvgIpc) is 2.87. The maximum atomic E-state index is 10.9. The van der Waals surface area contributed by atoms with Crippen LogP contribution in [0.3, 0.4) is 0 Å². The van der Waals surface area contributed by atoms with Gasteiger partial charge in [-0.2, -0.15) is 5.10 Å². The van der Waals surface area contributed by atoms with Crippen LogP contribution in [0.2, 0.25) is 0 Å². The van der Waals surface area contributed by atoms with Crippen molar-refractivity contribution in [2.75, 3.05) is 0 Å². The molecule has 0 spiro atoms. The maximum Gasteiger partial charge on any atom is 0.137 e. The van der Waals surface area contributed by atoms with Crippen LogP contribution in [0.5, 0.6) is 0 Å². The first kappa shape index (κ1) is 13.3. The molecule has 1 aromatic rings. The zero-order valence-corrected chi connectivity index (χ0v) is 11.1. The van der Waals surface area contributed by atoms with E-state index in [0.717, 1.165) is 18.4 Å². The molecule has 0 bridgehead atoms. The van der Waals surface area contributed by atoms with Gasteiger partial charge in [0.1, 0.15) is 18.3 Å². The van der Waals surface area contributed by atoms with Crippen molar-refractivity contribution in [3.8, 4) is 0 Å². The molecule has 1 aliphatic rings. The van der Waals surface area contributed by atoms with E-state index in [1.807, 2.05) is 0 Å². The number of allylic oxidation sites excluding steroid dienone is 1. The largest absolute Gasteiger partial charge is 0.386 e. The topological polar surface area (TPSA) is 50.9 Å². The summed E-state index contributed by atoms with van der Waals surface area (Å²) < 4.78 is 1.61. The van der Waals surface area contributed by atoms with E-state index in [9.17, 15) is 5.11 Å². The predicted molar refractivity (Wildman–Crippen MR) is 71.4 cm³/mol. The fraction of sp³-hybridized carbons (Fsp3) is 0.538. The van der Waals surface area contributed by atoms with Gasteiger partial charge >= 0.3 is 0 Å². The lowest BCUT2D eigenvalue weighted by atomic mass is 9.88. The summed E-state index contributed by atoms with van der Waals surface area (Å²) in [4.78, 5) is 3.33. The van der Waals surface area contributed by atoms with Crippen LogP contribution in [0.25, 0.3) is 0 Å². The third-order valence-corrected chi connectivity index (χ3v) is 4.12. The summed E-state index contributed by atoms with van der Waals surface area (Å²) >= 11 is 6.43. The molecule has 1 fully saturated rings. The second-order valence-corrected chi connectivity index (χ2v) is 5.73. The Kier molecular flexibility index (Phi) is 3.59. The van der Waals surface area contributed by atoms with Gasteiger partial charge < -0.3 is 5.11 Å². The van der Waals surface area contributed by atoms with Gasteiger partial charge in [0.15, 0.2) is 0 Å². The minimum atomic E-state index is -1.03. The number of aromatic nitrogens is 3. The van der Waals surface area contributed by atoms with Gasteiger partial charge in [-0.25, -0.2) is 9.67 Å². The van der Waals surface area contributed by atoms with Crippen molar-refractivity contribution in [1.82, 2.24) is 14.8 Å². The van der Waals surface area contributed by atoms with Crippen LogP contribution in [0, 0.1) is 0 Å². The van der Waals surface area contributed by atoms with Gasteiger partial charge in [0, 0.05) is 6.42 Å². The Morgan fingerprint density at radius 2 is 2.33 bits per heavy atom. The first-order valence-corrected chi connectivity index (χ1v) is 6.38. The highest BCUT2D eigenvalue weighted by atomic mass is 35.5. The van der Waals surface area contributed by atoms with E-state index in [4.69, 9.17) is 11.6 Å². The Bertz CT molecular complexity index is 439. The first-order valence-electron chi connectivity index (χ1n) is 6.00. The van der Waals surface area contributed by atoms with E-state index in [1.54, 1.807) is 17.1 Å². The van der Waals surface area contributed by atoms with Gasteiger partial charge in [-0.3, -0.25) is 0 Å². The Balaban J connectivity index is 2.13. The molecule has 4 nitrogen and oxygen atoms in total. The number of halogens is 1. The molecule has 1 heterocycles. The lowest BCUT2D eigenvalue weighted by molar-refractivity contribution is 0.00744. The van der Waals surface area contributed by atoms with Gasteiger partial charge in [0.2, 0.25) is 0 Å². The molecular weight excluding hydrogens is 250 g/mol. The Labute approximate surface area is 112 Å². The molecule has 0 aromatic carbocycles. The van der Waals surface area contributed by atoms with E-state index in [2.05, 4.69) is 23.2 Å². The second kappa shape index (κ2) is 4.86. The summed E-state index contributed by atoms with van der Waals surface area (Å²) in [6, 6.07) is 0. The van der Waals surface area contributed by atoms with Crippen molar-refractivity contribution < 1.29 is 5.11 Å². The smallest absolute Gasteiger partial charge is 0.137 e. The van der Waals surface area contributed by atoms with Crippen molar-refractivity contribution in [3.63, 3.8) is 0 Å². The Morgan fingerprint density at radius 1 is 1.61 bits per heavy atom. The molecular formula is C13H18ClN3O. The molecule has 1 aliphatic carbocycles. The fourth-order valence-corrected chi connectivity index (χ4v) is 2.42. The number of nitrogens with zero attached hydrogens (tertiary/aromatic N) is 3. The third-order valence-electron chi connectivity index (χ3n) is 3.39. The van der Waals surface area contributed by atoms with Crippen LogP contribution >= 0.6 is 11.6 Å². The van der Waals surface area contributed by atoms with Crippen LogP contribution in [0.1, 0.15) is 25.7 Å². The summed E-state index contributed by atoms with van der Waals surface area (Å²) in [5, 5.41) is 14.9. The first-order chi connectivity index (χ1) is 8.49. The zero-order valence-electron chi connectivity index (χ0n) is 10.3. The van der Waals surface area contributed by atoms with Gasteiger partial charge in [-0.15, -0.1) is 18.2 Å². The number of aliphatic hydroxyl groups is 1.